The van der Waals surface area contributed by atoms with Crippen LogP contribution in [0.3, 0.4) is 0 Å². The fourth-order valence-electron chi connectivity index (χ4n) is 2.50. The van der Waals surface area contributed by atoms with Gasteiger partial charge in [0.15, 0.2) is 5.82 Å². The Morgan fingerprint density at radius 1 is 1.36 bits per heavy atom. The Morgan fingerprint density at radius 3 is 2.91 bits per heavy atom. The molecular formula is C13H14F2N6O. The third-order valence-electron chi connectivity index (χ3n) is 3.45. The average Bonchev–Trinajstić information content (AvgIpc) is 2.46. The number of hydrogen-bond acceptors (Lipinski definition) is 6. The summed E-state index contributed by atoms with van der Waals surface area (Å²) in [5.41, 5.74) is 6.12. The monoisotopic (exact) mass is 308 g/mol. The molecule has 1 fully saturated rings. The second-order valence-corrected chi connectivity index (χ2v) is 5.17. The number of carbonyl (C=O) groups excluding carboxylic acids is 1. The molecule has 0 aromatic carbocycles. The Balaban J connectivity index is 1.94. The maximum atomic E-state index is 13.4. The van der Waals surface area contributed by atoms with E-state index in [9.17, 15) is 13.6 Å². The van der Waals surface area contributed by atoms with E-state index in [1.54, 1.807) is 0 Å². The number of aromatic nitrogens is 3. The molecule has 0 aliphatic carbocycles. The van der Waals surface area contributed by atoms with E-state index < -0.39 is 17.9 Å². The van der Waals surface area contributed by atoms with Crippen molar-refractivity contribution in [2.45, 2.75) is 18.4 Å². The molecule has 2 aromatic heterocycles. The summed E-state index contributed by atoms with van der Waals surface area (Å²) in [4.78, 5) is 23.6. The Hall–Kier alpha value is -2.42. The molecule has 0 unspecified atom stereocenters. The lowest BCUT2D eigenvalue weighted by atomic mass is 10.0. The summed E-state index contributed by atoms with van der Waals surface area (Å²) < 4.78 is 26.9. The van der Waals surface area contributed by atoms with Crippen LogP contribution < -0.4 is 16.4 Å². The average molecular weight is 308 g/mol. The molecule has 0 radical (unpaired) electrons. The second-order valence-electron chi connectivity index (χ2n) is 5.17. The van der Waals surface area contributed by atoms with Gasteiger partial charge in [0.2, 0.25) is 0 Å². The number of alkyl halides is 2. The third kappa shape index (κ3) is 2.80. The van der Waals surface area contributed by atoms with Crippen LogP contribution >= 0.6 is 0 Å². The van der Waals surface area contributed by atoms with Crippen LogP contribution in [0.4, 0.5) is 14.6 Å². The van der Waals surface area contributed by atoms with Crippen molar-refractivity contribution >= 4 is 22.8 Å². The molecule has 0 bridgehead atoms. The van der Waals surface area contributed by atoms with Crippen LogP contribution in [0.25, 0.3) is 11.0 Å². The van der Waals surface area contributed by atoms with Crippen molar-refractivity contribution in [2.75, 3.05) is 18.4 Å². The number of hydrogen-bond donors (Lipinski definition) is 3. The van der Waals surface area contributed by atoms with Gasteiger partial charge < -0.3 is 16.4 Å². The van der Waals surface area contributed by atoms with Crippen molar-refractivity contribution < 1.29 is 13.6 Å². The van der Waals surface area contributed by atoms with Crippen LogP contribution in [0.2, 0.25) is 0 Å². The highest BCUT2D eigenvalue weighted by Crippen LogP contribution is 2.26. The van der Waals surface area contributed by atoms with Gasteiger partial charge in [-0.05, 0) is 6.07 Å². The molecule has 4 N–H and O–H groups in total. The molecule has 3 rings (SSSR count). The van der Waals surface area contributed by atoms with Gasteiger partial charge >= 0.3 is 0 Å². The largest absolute Gasteiger partial charge is 0.366 e. The van der Waals surface area contributed by atoms with Gasteiger partial charge in [-0.15, -0.1) is 0 Å². The Morgan fingerprint density at radius 2 is 2.18 bits per heavy atom. The highest BCUT2D eigenvalue weighted by atomic mass is 19.3. The van der Waals surface area contributed by atoms with Gasteiger partial charge in [-0.2, -0.15) is 0 Å². The zero-order chi connectivity index (χ0) is 15.7. The number of halogens is 2. The molecule has 0 saturated carbocycles. The minimum absolute atomic E-state index is 0.211. The standard InChI is InChI=1S/C13H14F2N6O/c14-13(15)3-7(4-17-5-13)21-12-10-9(19-6-20-12)8(11(16)22)1-2-18-10/h1-2,6-7,17H,3-5H2,(H2,16,22)(H,19,20,21)/t7-/m0/s1. The van der Waals surface area contributed by atoms with Gasteiger partial charge in [0.25, 0.3) is 11.8 Å². The molecule has 3 heterocycles. The van der Waals surface area contributed by atoms with E-state index in [1.165, 1.54) is 18.6 Å². The number of nitrogens with zero attached hydrogens (tertiary/aromatic N) is 3. The predicted octanol–water partition coefficient (Wildman–Crippen LogP) is 0.533. The summed E-state index contributed by atoms with van der Waals surface area (Å²) in [5, 5.41) is 5.61. The zero-order valence-electron chi connectivity index (χ0n) is 11.5. The van der Waals surface area contributed by atoms with Crippen LogP contribution in [0, 0.1) is 0 Å². The number of nitrogens with two attached hydrogens (primary N) is 1. The number of piperidine rings is 1. The van der Waals surface area contributed by atoms with E-state index >= 15 is 0 Å². The van der Waals surface area contributed by atoms with Gasteiger partial charge in [-0.25, -0.2) is 18.7 Å². The summed E-state index contributed by atoms with van der Waals surface area (Å²) in [6.45, 7) is 0.0520. The van der Waals surface area contributed by atoms with Crippen LogP contribution in [-0.4, -0.2) is 45.9 Å². The summed E-state index contributed by atoms with van der Waals surface area (Å²) in [5.74, 6) is -3.11. The van der Waals surface area contributed by atoms with Crippen LogP contribution in [0.5, 0.6) is 0 Å². The molecule has 0 spiro atoms. The summed E-state index contributed by atoms with van der Waals surface area (Å²) in [6.07, 6.45) is 2.35. The highest BCUT2D eigenvalue weighted by Gasteiger charge is 2.36. The van der Waals surface area contributed by atoms with E-state index in [2.05, 4.69) is 25.6 Å². The number of fused-ring (bicyclic) bond motifs is 1. The molecule has 7 nitrogen and oxygen atoms in total. The number of rotatable bonds is 3. The summed E-state index contributed by atoms with van der Waals surface area (Å²) in [6, 6.07) is 0.957. The smallest absolute Gasteiger partial charge is 0.262 e. The minimum Gasteiger partial charge on any atom is -0.366 e. The minimum atomic E-state index is -2.77. The number of pyridine rings is 1. The van der Waals surface area contributed by atoms with E-state index in [0.717, 1.165) is 0 Å². The Bertz CT molecular complexity index is 723. The van der Waals surface area contributed by atoms with E-state index in [-0.39, 0.29) is 18.5 Å². The van der Waals surface area contributed by atoms with Crippen molar-refractivity contribution in [3.05, 3.63) is 24.2 Å². The predicted molar refractivity (Wildman–Crippen MR) is 75.7 cm³/mol. The zero-order valence-corrected chi connectivity index (χ0v) is 11.5. The van der Waals surface area contributed by atoms with Crippen molar-refractivity contribution in [1.82, 2.24) is 20.3 Å². The maximum Gasteiger partial charge on any atom is 0.262 e. The second kappa shape index (κ2) is 5.41. The van der Waals surface area contributed by atoms with Crippen LogP contribution in [-0.2, 0) is 0 Å². The van der Waals surface area contributed by atoms with E-state index in [4.69, 9.17) is 5.73 Å². The SMILES string of the molecule is NC(=O)c1ccnc2c(N[C@@H]3CNCC(F)(F)C3)ncnc12. The molecular weight excluding hydrogens is 294 g/mol. The molecule has 1 saturated heterocycles. The maximum absolute atomic E-state index is 13.4. The van der Waals surface area contributed by atoms with Crippen molar-refractivity contribution in [3.8, 4) is 0 Å². The Labute approximate surface area is 124 Å². The van der Waals surface area contributed by atoms with Gasteiger partial charge in [0.1, 0.15) is 17.4 Å². The topological polar surface area (TPSA) is 106 Å². The quantitative estimate of drug-likeness (QED) is 0.764. The molecule has 1 aliphatic rings. The first kappa shape index (κ1) is 14.5. The first-order valence-electron chi connectivity index (χ1n) is 6.71. The highest BCUT2D eigenvalue weighted by molar-refractivity contribution is 6.05. The summed E-state index contributed by atoms with van der Waals surface area (Å²) >= 11 is 0. The lowest BCUT2D eigenvalue weighted by Gasteiger charge is -2.30. The normalized spacial score (nSPS) is 20.7. The first-order valence-corrected chi connectivity index (χ1v) is 6.71. The number of carbonyl (C=O) groups is 1. The van der Waals surface area contributed by atoms with Gasteiger partial charge in [-0.3, -0.25) is 9.78 Å². The third-order valence-corrected chi connectivity index (χ3v) is 3.45. The molecule has 1 amide bonds. The van der Waals surface area contributed by atoms with Crippen LogP contribution in [0.1, 0.15) is 16.8 Å². The fraction of sp³-hybridized carbons (Fsp3) is 0.385. The van der Waals surface area contributed by atoms with Crippen molar-refractivity contribution in [3.63, 3.8) is 0 Å². The van der Waals surface area contributed by atoms with Gasteiger partial charge in [0, 0.05) is 25.2 Å². The molecule has 1 aliphatic heterocycles. The van der Waals surface area contributed by atoms with Crippen LogP contribution in [0.15, 0.2) is 18.6 Å². The summed E-state index contributed by atoms with van der Waals surface area (Å²) in [7, 11) is 0. The lowest BCUT2D eigenvalue weighted by molar-refractivity contribution is -0.0244. The first-order chi connectivity index (χ1) is 10.5. The van der Waals surface area contributed by atoms with E-state index in [1.807, 2.05) is 0 Å². The molecule has 1 atom stereocenters. The fourth-order valence-corrected chi connectivity index (χ4v) is 2.50. The molecule has 2 aromatic rings. The van der Waals surface area contributed by atoms with Crippen molar-refractivity contribution in [2.24, 2.45) is 5.73 Å². The number of nitrogens with one attached hydrogen (secondary N) is 2. The lowest BCUT2D eigenvalue weighted by Crippen LogP contribution is -2.49. The number of anilines is 1. The van der Waals surface area contributed by atoms with Gasteiger partial charge in [0.05, 0.1) is 12.1 Å². The molecule has 116 valence electrons. The number of amides is 1. The molecule has 22 heavy (non-hydrogen) atoms. The van der Waals surface area contributed by atoms with Crippen molar-refractivity contribution in [1.29, 1.82) is 0 Å². The molecule has 9 heteroatoms. The van der Waals surface area contributed by atoms with E-state index in [0.29, 0.717) is 23.4 Å². The number of primary amides is 1. The van der Waals surface area contributed by atoms with Gasteiger partial charge in [-0.1, -0.05) is 0 Å². The Kier molecular flexibility index (Phi) is 3.57.